The van der Waals surface area contributed by atoms with E-state index in [1.165, 1.54) is 0 Å². The zero-order valence-electron chi connectivity index (χ0n) is 17.3. The number of likely N-dealkylation sites (N-methyl/N-ethyl adjacent to an activating group) is 1. The summed E-state index contributed by atoms with van der Waals surface area (Å²) in [7, 11) is 1.87. The zero-order chi connectivity index (χ0) is 21.3. The van der Waals surface area contributed by atoms with E-state index in [0.29, 0.717) is 16.8 Å². The van der Waals surface area contributed by atoms with Crippen molar-refractivity contribution in [3.8, 4) is 5.75 Å². The zero-order valence-corrected chi connectivity index (χ0v) is 18.1. The number of ether oxygens (including phenoxy) is 1. The third-order valence-electron chi connectivity index (χ3n) is 5.20. The molecule has 6 nitrogen and oxygen atoms in total. The summed E-state index contributed by atoms with van der Waals surface area (Å²) < 4.78 is 34.6. The molecule has 1 heterocycles. The summed E-state index contributed by atoms with van der Waals surface area (Å²) in [6.07, 6.45) is 2.87. The Morgan fingerprint density at radius 1 is 1.00 bits per heavy atom. The van der Waals surface area contributed by atoms with Gasteiger partial charge in [0, 0.05) is 40.1 Å². The average molecular weight is 424 g/mol. The van der Waals surface area contributed by atoms with Crippen LogP contribution in [0.1, 0.15) is 5.56 Å². The van der Waals surface area contributed by atoms with Crippen molar-refractivity contribution in [2.45, 2.75) is 11.3 Å². The molecule has 0 atom stereocenters. The molecule has 30 heavy (non-hydrogen) atoms. The third kappa shape index (κ3) is 3.86. The molecule has 4 rings (SSSR count). The maximum absolute atomic E-state index is 13.2. The quantitative estimate of drug-likeness (QED) is 0.466. The first kappa shape index (κ1) is 20.3. The molecular formula is C23H25N3O3S. The summed E-state index contributed by atoms with van der Waals surface area (Å²) >= 11 is 0. The van der Waals surface area contributed by atoms with E-state index in [-0.39, 0.29) is 4.90 Å². The third-order valence-corrected chi connectivity index (χ3v) is 6.64. The van der Waals surface area contributed by atoms with E-state index in [2.05, 4.69) is 14.6 Å². The van der Waals surface area contributed by atoms with E-state index in [4.69, 9.17) is 4.74 Å². The molecule has 3 aromatic carbocycles. The molecular weight excluding hydrogens is 398 g/mol. The van der Waals surface area contributed by atoms with Crippen molar-refractivity contribution in [3.63, 3.8) is 0 Å². The van der Waals surface area contributed by atoms with Crippen LogP contribution in [0.25, 0.3) is 21.7 Å². The maximum atomic E-state index is 13.2. The van der Waals surface area contributed by atoms with Crippen molar-refractivity contribution < 1.29 is 13.2 Å². The molecule has 0 amide bonds. The van der Waals surface area contributed by atoms with Gasteiger partial charge in [0.15, 0.2) is 0 Å². The van der Waals surface area contributed by atoms with Gasteiger partial charge in [-0.1, -0.05) is 24.3 Å². The predicted molar refractivity (Wildman–Crippen MR) is 122 cm³/mol. The van der Waals surface area contributed by atoms with E-state index in [0.717, 1.165) is 34.8 Å². The number of sulfonamides is 1. The number of nitrogens with one attached hydrogen (secondary N) is 2. The highest BCUT2D eigenvalue weighted by atomic mass is 32.2. The molecule has 156 valence electrons. The van der Waals surface area contributed by atoms with Gasteiger partial charge in [-0.05, 0) is 56.4 Å². The number of rotatable bonds is 7. The molecule has 0 aliphatic rings. The van der Waals surface area contributed by atoms with Crippen LogP contribution >= 0.6 is 0 Å². The number of nitrogens with zero attached hydrogens (tertiary/aromatic N) is 1. The van der Waals surface area contributed by atoms with Crippen LogP contribution < -0.4 is 9.46 Å². The van der Waals surface area contributed by atoms with Crippen LogP contribution in [0.3, 0.4) is 0 Å². The Bertz CT molecular complexity index is 1310. The van der Waals surface area contributed by atoms with Crippen LogP contribution in [0.15, 0.2) is 65.7 Å². The highest BCUT2D eigenvalue weighted by Gasteiger charge is 2.19. The lowest BCUT2D eigenvalue weighted by molar-refractivity contribution is 0.414. The highest BCUT2D eigenvalue weighted by Crippen LogP contribution is 2.32. The molecule has 0 saturated carbocycles. The first-order chi connectivity index (χ1) is 14.4. The van der Waals surface area contributed by atoms with Crippen molar-refractivity contribution in [1.29, 1.82) is 0 Å². The number of aromatic amines is 1. The van der Waals surface area contributed by atoms with Crippen molar-refractivity contribution in [3.05, 3.63) is 66.4 Å². The minimum Gasteiger partial charge on any atom is -0.496 e. The van der Waals surface area contributed by atoms with Crippen molar-refractivity contribution >= 4 is 37.4 Å². The smallest absolute Gasteiger partial charge is 0.262 e. The highest BCUT2D eigenvalue weighted by molar-refractivity contribution is 7.93. The summed E-state index contributed by atoms with van der Waals surface area (Å²) in [5.41, 5.74) is 2.68. The fourth-order valence-corrected chi connectivity index (χ4v) is 4.92. The summed E-state index contributed by atoms with van der Waals surface area (Å²) in [4.78, 5) is 5.61. The SMILES string of the molecule is COc1ccc(S(=O)(=O)Nc2ccc3[nH]cc(CCN(C)C)c3c2)c2ccccc12. The molecule has 1 aromatic heterocycles. The monoisotopic (exact) mass is 423 g/mol. The van der Waals surface area contributed by atoms with Crippen LogP contribution in [0.5, 0.6) is 5.75 Å². The second kappa shape index (κ2) is 8.01. The Morgan fingerprint density at radius 2 is 1.77 bits per heavy atom. The fraction of sp³-hybridized carbons (Fsp3) is 0.217. The van der Waals surface area contributed by atoms with Gasteiger partial charge < -0.3 is 14.6 Å². The summed E-state index contributed by atoms with van der Waals surface area (Å²) in [6.45, 7) is 0.917. The Balaban J connectivity index is 1.71. The average Bonchev–Trinajstić information content (AvgIpc) is 3.13. The van der Waals surface area contributed by atoms with Crippen LogP contribution in [0.2, 0.25) is 0 Å². The van der Waals surface area contributed by atoms with Crippen LogP contribution in [-0.4, -0.2) is 46.1 Å². The van der Waals surface area contributed by atoms with Gasteiger partial charge >= 0.3 is 0 Å². The molecule has 7 heteroatoms. The van der Waals surface area contributed by atoms with Gasteiger partial charge in [0.1, 0.15) is 5.75 Å². The minimum absolute atomic E-state index is 0.223. The molecule has 0 aliphatic heterocycles. The molecule has 0 unspecified atom stereocenters. The second-order valence-corrected chi connectivity index (χ2v) is 9.20. The molecule has 0 radical (unpaired) electrons. The van der Waals surface area contributed by atoms with Gasteiger partial charge in [-0.15, -0.1) is 0 Å². The molecule has 4 aromatic rings. The Kier molecular flexibility index (Phi) is 5.40. The normalized spacial score (nSPS) is 12.0. The van der Waals surface area contributed by atoms with Gasteiger partial charge in [0.05, 0.1) is 12.0 Å². The lowest BCUT2D eigenvalue weighted by atomic mass is 10.1. The molecule has 0 saturated heterocycles. The van der Waals surface area contributed by atoms with Crippen LogP contribution in [0, 0.1) is 0 Å². The van der Waals surface area contributed by atoms with E-state index in [1.807, 2.05) is 50.6 Å². The largest absolute Gasteiger partial charge is 0.496 e. The summed E-state index contributed by atoms with van der Waals surface area (Å²) in [5, 5.41) is 2.41. The van der Waals surface area contributed by atoms with Gasteiger partial charge in [-0.3, -0.25) is 4.72 Å². The number of anilines is 1. The second-order valence-electron chi connectivity index (χ2n) is 7.54. The van der Waals surface area contributed by atoms with E-state index in [9.17, 15) is 8.42 Å². The van der Waals surface area contributed by atoms with Crippen molar-refractivity contribution in [1.82, 2.24) is 9.88 Å². The number of methoxy groups -OCH3 is 1. The van der Waals surface area contributed by atoms with Gasteiger partial charge in [0.25, 0.3) is 10.0 Å². The molecule has 0 fully saturated rings. The fourth-order valence-electron chi connectivity index (χ4n) is 3.66. The summed E-state index contributed by atoms with van der Waals surface area (Å²) in [6, 6.07) is 16.2. The Morgan fingerprint density at radius 3 is 2.50 bits per heavy atom. The van der Waals surface area contributed by atoms with Gasteiger partial charge in [-0.2, -0.15) is 0 Å². The van der Waals surface area contributed by atoms with E-state index >= 15 is 0 Å². The molecule has 0 aliphatic carbocycles. The number of benzene rings is 3. The van der Waals surface area contributed by atoms with Gasteiger partial charge in [0.2, 0.25) is 0 Å². The minimum atomic E-state index is -3.78. The van der Waals surface area contributed by atoms with E-state index in [1.54, 1.807) is 31.4 Å². The van der Waals surface area contributed by atoms with Crippen LogP contribution in [0.4, 0.5) is 5.69 Å². The standard InChI is InChI=1S/C23H25N3O3S/c1-26(2)13-12-16-15-24-21-9-8-17(14-20(16)21)25-30(27,28)23-11-10-22(29-3)18-6-4-5-7-19(18)23/h4-11,14-15,24-25H,12-13H2,1-3H3. The molecule has 0 spiro atoms. The van der Waals surface area contributed by atoms with Crippen LogP contribution in [-0.2, 0) is 16.4 Å². The van der Waals surface area contributed by atoms with Crippen molar-refractivity contribution in [2.24, 2.45) is 0 Å². The number of hydrogen-bond acceptors (Lipinski definition) is 4. The Hall–Kier alpha value is -3.03. The first-order valence-corrected chi connectivity index (χ1v) is 11.2. The lowest BCUT2D eigenvalue weighted by Crippen LogP contribution is -2.15. The number of H-pyrrole nitrogens is 1. The maximum Gasteiger partial charge on any atom is 0.262 e. The molecule has 0 bridgehead atoms. The van der Waals surface area contributed by atoms with Crippen molar-refractivity contribution in [2.75, 3.05) is 32.5 Å². The molecule has 2 N–H and O–H groups in total. The number of aromatic nitrogens is 1. The lowest BCUT2D eigenvalue weighted by Gasteiger charge is -2.13. The van der Waals surface area contributed by atoms with Gasteiger partial charge in [-0.25, -0.2) is 8.42 Å². The first-order valence-electron chi connectivity index (χ1n) is 9.72. The number of hydrogen-bond donors (Lipinski definition) is 2. The summed E-state index contributed by atoms with van der Waals surface area (Å²) in [5.74, 6) is 0.642. The number of fused-ring (bicyclic) bond motifs is 2. The van der Waals surface area contributed by atoms with E-state index < -0.39 is 10.0 Å². The predicted octanol–water partition coefficient (Wildman–Crippen LogP) is 4.23. The Labute approximate surface area is 176 Å². The topological polar surface area (TPSA) is 74.4 Å².